The third-order valence-electron chi connectivity index (χ3n) is 3.57. The zero-order chi connectivity index (χ0) is 19.2. The van der Waals surface area contributed by atoms with Crippen LogP contribution in [0.25, 0.3) is 10.7 Å². The number of aryl methyl sites for hydroxylation is 1. The number of carbonyl (C=O) groups is 2. The first-order valence-electron chi connectivity index (χ1n) is 8.16. The van der Waals surface area contributed by atoms with Crippen LogP contribution >= 0.6 is 11.3 Å². The number of anilines is 2. The molecule has 0 aliphatic rings. The average Bonchev–Trinajstić information content (AvgIpc) is 3.05. The number of carbonyl (C=O) groups excluding carboxylic acids is 2. The Bertz CT molecular complexity index is 957. The average molecular weight is 382 g/mol. The summed E-state index contributed by atoms with van der Waals surface area (Å²) in [4.78, 5) is 33.5. The van der Waals surface area contributed by atoms with Crippen LogP contribution < -0.4 is 10.6 Å². The number of thiazole rings is 1. The van der Waals surface area contributed by atoms with Crippen molar-refractivity contribution in [2.75, 3.05) is 24.4 Å². The fourth-order valence-electron chi connectivity index (χ4n) is 2.40. The van der Waals surface area contributed by atoms with E-state index in [1.807, 2.05) is 18.2 Å². The van der Waals surface area contributed by atoms with Gasteiger partial charge in [-0.3, -0.25) is 14.6 Å². The quantitative estimate of drug-likeness (QED) is 0.682. The Labute approximate surface area is 160 Å². The molecule has 0 bridgehead atoms. The fraction of sp³-hybridized carbons (Fsp3) is 0.158. The molecule has 0 saturated heterocycles. The van der Waals surface area contributed by atoms with E-state index < -0.39 is 0 Å². The summed E-state index contributed by atoms with van der Waals surface area (Å²) in [6, 6.07) is 12.5. The largest absolute Gasteiger partial charge is 0.375 e. The molecular weight excluding hydrogens is 364 g/mol. The second-order valence-corrected chi connectivity index (χ2v) is 6.66. The molecule has 2 N–H and O–H groups in total. The molecule has 0 atom stereocenters. The Hall–Kier alpha value is -3.10. The van der Waals surface area contributed by atoms with E-state index in [9.17, 15) is 9.59 Å². The second-order valence-electron chi connectivity index (χ2n) is 5.66. The minimum absolute atomic E-state index is 0.0348. The third-order valence-corrected chi connectivity index (χ3v) is 4.75. The smallest absolute Gasteiger partial charge is 0.267 e. The molecule has 7 nitrogen and oxygen atoms in total. The molecule has 27 heavy (non-hydrogen) atoms. The van der Waals surface area contributed by atoms with E-state index >= 15 is 0 Å². The van der Waals surface area contributed by atoms with Crippen molar-refractivity contribution in [2.45, 2.75) is 6.92 Å². The summed E-state index contributed by atoms with van der Waals surface area (Å²) in [5.74, 6) is -0.521. The maximum atomic E-state index is 12.6. The summed E-state index contributed by atoms with van der Waals surface area (Å²) in [7, 11) is 1.45. The van der Waals surface area contributed by atoms with Gasteiger partial charge in [-0.15, -0.1) is 11.3 Å². The number of nitrogens with zero attached hydrogens (tertiary/aromatic N) is 2. The highest BCUT2D eigenvalue weighted by molar-refractivity contribution is 7.17. The monoisotopic (exact) mass is 382 g/mol. The van der Waals surface area contributed by atoms with Crippen LogP contribution in [-0.4, -0.2) is 35.5 Å². The Morgan fingerprint density at radius 3 is 2.59 bits per heavy atom. The van der Waals surface area contributed by atoms with Gasteiger partial charge in [-0.2, -0.15) is 0 Å². The van der Waals surface area contributed by atoms with Gasteiger partial charge in [0, 0.05) is 24.7 Å². The topological polar surface area (TPSA) is 93.2 Å². The van der Waals surface area contributed by atoms with E-state index in [0.29, 0.717) is 27.0 Å². The molecule has 2 aromatic heterocycles. The highest BCUT2D eigenvalue weighted by Gasteiger charge is 2.17. The number of hydrogen-bond donors (Lipinski definition) is 2. The van der Waals surface area contributed by atoms with Crippen molar-refractivity contribution in [2.24, 2.45) is 0 Å². The predicted molar refractivity (Wildman–Crippen MR) is 105 cm³/mol. The first-order chi connectivity index (χ1) is 13.1. The molecule has 1 aromatic carbocycles. The van der Waals surface area contributed by atoms with Crippen molar-refractivity contribution >= 4 is 34.5 Å². The molecule has 8 heteroatoms. The fourth-order valence-corrected chi connectivity index (χ4v) is 3.33. The van der Waals surface area contributed by atoms with Crippen molar-refractivity contribution in [1.29, 1.82) is 0 Å². The van der Waals surface area contributed by atoms with Gasteiger partial charge in [-0.1, -0.05) is 12.1 Å². The molecule has 0 aliphatic carbocycles. The number of hydrogen-bond acceptors (Lipinski definition) is 6. The molecule has 3 aromatic rings. The van der Waals surface area contributed by atoms with Gasteiger partial charge in [-0.25, -0.2) is 4.98 Å². The SMILES string of the molecule is COCC(=O)Nc1cccc(NC(=O)c2sc(-c3ccccn3)nc2C)c1. The molecule has 0 saturated carbocycles. The van der Waals surface area contributed by atoms with Gasteiger partial charge in [0.25, 0.3) is 5.91 Å². The van der Waals surface area contributed by atoms with Crippen LogP contribution in [0.5, 0.6) is 0 Å². The van der Waals surface area contributed by atoms with Crippen LogP contribution in [0.4, 0.5) is 11.4 Å². The molecule has 2 amide bonds. The Morgan fingerprint density at radius 2 is 1.89 bits per heavy atom. The molecule has 0 aliphatic heterocycles. The maximum absolute atomic E-state index is 12.6. The lowest BCUT2D eigenvalue weighted by atomic mass is 10.2. The zero-order valence-corrected chi connectivity index (χ0v) is 15.7. The molecule has 0 spiro atoms. The number of nitrogens with one attached hydrogen (secondary N) is 2. The van der Waals surface area contributed by atoms with E-state index in [1.165, 1.54) is 18.4 Å². The van der Waals surface area contributed by atoms with Crippen molar-refractivity contribution in [3.63, 3.8) is 0 Å². The van der Waals surface area contributed by atoms with Crippen LogP contribution in [0.15, 0.2) is 48.7 Å². The number of pyridine rings is 1. The normalized spacial score (nSPS) is 10.4. The number of amides is 2. The van der Waals surface area contributed by atoms with Crippen LogP contribution in [0.3, 0.4) is 0 Å². The highest BCUT2D eigenvalue weighted by Crippen LogP contribution is 2.27. The summed E-state index contributed by atoms with van der Waals surface area (Å²) in [6.45, 7) is 1.76. The van der Waals surface area contributed by atoms with Gasteiger partial charge in [0.1, 0.15) is 16.5 Å². The van der Waals surface area contributed by atoms with Crippen molar-refractivity contribution in [3.05, 3.63) is 59.2 Å². The number of aromatic nitrogens is 2. The Morgan fingerprint density at radius 1 is 1.11 bits per heavy atom. The summed E-state index contributed by atoms with van der Waals surface area (Å²) in [5.41, 5.74) is 2.52. The predicted octanol–water partition coefficient (Wildman–Crippen LogP) is 3.35. The van der Waals surface area contributed by atoms with Gasteiger partial charge in [0.05, 0.1) is 11.4 Å². The van der Waals surface area contributed by atoms with Crippen molar-refractivity contribution in [3.8, 4) is 10.7 Å². The lowest BCUT2D eigenvalue weighted by molar-refractivity contribution is -0.119. The van der Waals surface area contributed by atoms with E-state index in [0.717, 1.165) is 5.69 Å². The number of ether oxygens (including phenoxy) is 1. The first kappa shape index (κ1) is 18.7. The van der Waals surface area contributed by atoms with Gasteiger partial charge in [0.2, 0.25) is 5.91 Å². The van der Waals surface area contributed by atoms with Crippen LogP contribution in [-0.2, 0) is 9.53 Å². The van der Waals surface area contributed by atoms with Gasteiger partial charge in [0.15, 0.2) is 0 Å². The lowest BCUT2D eigenvalue weighted by Gasteiger charge is -2.08. The van der Waals surface area contributed by atoms with Crippen molar-refractivity contribution in [1.82, 2.24) is 9.97 Å². The maximum Gasteiger partial charge on any atom is 0.267 e. The van der Waals surface area contributed by atoms with Crippen molar-refractivity contribution < 1.29 is 14.3 Å². The summed E-state index contributed by atoms with van der Waals surface area (Å²) < 4.78 is 4.79. The number of rotatable bonds is 6. The van der Waals surface area contributed by atoms with Crippen LogP contribution in [0.1, 0.15) is 15.4 Å². The van der Waals surface area contributed by atoms with E-state index in [2.05, 4.69) is 20.6 Å². The number of methoxy groups -OCH3 is 1. The lowest BCUT2D eigenvalue weighted by Crippen LogP contribution is -2.17. The van der Waals surface area contributed by atoms with E-state index in [-0.39, 0.29) is 18.4 Å². The minimum atomic E-state index is -0.265. The Balaban J connectivity index is 1.74. The van der Waals surface area contributed by atoms with Crippen LogP contribution in [0.2, 0.25) is 0 Å². The van der Waals surface area contributed by atoms with Gasteiger partial charge < -0.3 is 15.4 Å². The first-order valence-corrected chi connectivity index (χ1v) is 8.97. The Kier molecular flexibility index (Phi) is 5.90. The van der Waals surface area contributed by atoms with E-state index in [4.69, 9.17) is 4.74 Å². The zero-order valence-electron chi connectivity index (χ0n) is 14.9. The minimum Gasteiger partial charge on any atom is -0.375 e. The summed E-state index contributed by atoms with van der Waals surface area (Å²) in [5, 5.41) is 6.23. The molecule has 0 fully saturated rings. The summed E-state index contributed by atoms with van der Waals surface area (Å²) >= 11 is 1.29. The standard InChI is InChI=1S/C19H18N4O3S/c1-12-17(27-19(21-12)15-8-3-4-9-20-15)18(25)23-14-7-5-6-13(10-14)22-16(24)11-26-2/h3-10H,11H2,1-2H3,(H,22,24)(H,23,25). The summed E-state index contributed by atoms with van der Waals surface area (Å²) in [6.07, 6.45) is 1.69. The van der Waals surface area contributed by atoms with Crippen LogP contribution in [0, 0.1) is 6.92 Å². The van der Waals surface area contributed by atoms with Gasteiger partial charge in [-0.05, 0) is 37.3 Å². The molecule has 138 valence electrons. The molecule has 2 heterocycles. The third kappa shape index (κ3) is 4.75. The molecule has 0 unspecified atom stereocenters. The van der Waals surface area contributed by atoms with E-state index in [1.54, 1.807) is 37.4 Å². The molecule has 3 rings (SSSR count). The number of benzene rings is 1. The molecular formula is C19H18N4O3S. The van der Waals surface area contributed by atoms with Gasteiger partial charge >= 0.3 is 0 Å². The second kappa shape index (κ2) is 8.52. The molecule has 0 radical (unpaired) electrons. The highest BCUT2D eigenvalue weighted by atomic mass is 32.1.